The maximum Gasteiger partial charge on any atom is 0.328 e. The summed E-state index contributed by atoms with van der Waals surface area (Å²) in [5.41, 5.74) is 0.917. The standard InChI is InChI=1S/C20H23N3O5/c1-27-20(26)15(12-14-6-3-2-4-7-14)22-18(24)16-13-23(10-9-21-16)19(25)17-8-5-11-28-17/h2-8,11,15-16,21H,9-10,12-13H2,1H3,(H,22,24)/p+1/t15-,16-/m1/s1. The van der Waals surface area contributed by atoms with Gasteiger partial charge in [0, 0.05) is 6.42 Å². The van der Waals surface area contributed by atoms with Gasteiger partial charge in [0.1, 0.15) is 6.04 Å². The minimum absolute atomic E-state index is 0.241. The number of hydrogen-bond acceptors (Lipinski definition) is 5. The molecular weight excluding hydrogens is 362 g/mol. The third-order valence-corrected chi connectivity index (χ3v) is 4.71. The van der Waals surface area contributed by atoms with Gasteiger partial charge in [0.2, 0.25) is 0 Å². The van der Waals surface area contributed by atoms with Crippen molar-refractivity contribution in [2.24, 2.45) is 0 Å². The van der Waals surface area contributed by atoms with E-state index in [4.69, 9.17) is 9.15 Å². The summed E-state index contributed by atoms with van der Waals surface area (Å²) in [6.45, 7) is 1.35. The van der Waals surface area contributed by atoms with Gasteiger partial charge in [-0.05, 0) is 17.7 Å². The van der Waals surface area contributed by atoms with Gasteiger partial charge in [0.25, 0.3) is 11.8 Å². The fraction of sp³-hybridized carbons (Fsp3) is 0.350. The van der Waals surface area contributed by atoms with Crippen molar-refractivity contribution in [3.05, 3.63) is 60.1 Å². The lowest BCUT2D eigenvalue weighted by molar-refractivity contribution is -0.684. The van der Waals surface area contributed by atoms with Gasteiger partial charge in [-0.3, -0.25) is 9.59 Å². The van der Waals surface area contributed by atoms with Crippen molar-refractivity contribution < 1.29 is 28.9 Å². The van der Waals surface area contributed by atoms with E-state index in [-0.39, 0.29) is 24.1 Å². The SMILES string of the molecule is COC(=O)[C@@H](Cc1ccccc1)NC(=O)[C@H]1CN(C(=O)c2ccco2)CC[NH2+]1. The van der Waals surface area contributed by atoms with Crippen molar-refractivity contribution in [2.75, 3.05) is 26.7 Å². The summed E-state index contributed by atoms with van der Waals surface area (Å²) in [4.78, 5) is 39.0. The molecule has 8 nitrogen and oxygen atoms in total. The van der Waals surface area contributed by atoms with Gasteiger partial charge < -0.3 is 24.7 Å². The molecule has 3 rings (SSSR count). The third kappa shape index (κ3) is 4.77. The summed E-state index contributed by atoms with van der Waals surface area (Å²) in [7, 11) is 1.29. The summed E-state index contributed by atoms with van der Waals surface area (Å²) in [5, 5.41) is 4.65. The molecule has 0 aliphatic carbocycles. The van der Waals surface area contributed by atoms with E-state index in [0.717, 1.165) is 5.56 Å². The Balaban J connectivity index is 1.63. The largest absolute Gasteiger partial charge is 0.467 e. The molecule has 2 amide bonds. The summed E-state index contributed by atoms with van der Waals surface area (Å²) in [5.74, 6) is -0.804. The lowest BCUT2D eigenvalue weighted by atomic mass is 10.1. The van der Waals surface area contributed by atoms with E-state index in [0.29, 0.717) is 19.5 Å². The second kappa shape index (κ2) is 9.18. The van der Waals surface area contributed by atoms with Crippen molar-refractivity contribution in [1.82, 2.24) is 10.2 Å². The zero-order chi connectivity index (χ0) is 19.9. The van der Waals surface area contributed by atoms with Gasteiger partial charge in [-0.1, -0.05) is 30.3 Å². The molecule has 0 saturated carbocycles. The second-order valence-corrected chi connectivity index (χ2v) is 6.63. The van der Waals surface area contributed by atoms with Crippen LogP contribution in [-0.4, -0.2) is 61.5 Å². The molecule has 3 N–H and O–H groups in total. The maximum absolute atomic E-state index is 12.8. The summed E-state index contributed by atoms with van der Waals surface area (Å²) >= 11 is 0. The molecular formula is C20H24N3O5+. The highest BCUT2D eigenvalue weighted by Gasteiger charge is 2.34. The fourth-order valence-electron chi connectivity index (χ4n) is 3.23. The van der Waals surface area contributed by atoms with Crippen LogP contribution in [0.5, 0.6) is 0 Å². The highest BCUT2D eigenvalue weighted by Crippen LogP contribution is 2.08. The minimum atomic E-state index is -0.788. The number of rotatable bonds is 6. The maximum atomic E-state index is 12.8. The molecule has 1 aromatic heterocycles. The van der Waals surface area contributed by atoms with E-state index in [1.165, 1.54) is 13.4 Å². The van der Waals surface area contributed by atoms with E-state index in [1.807, 2.05) is 35.6 Å². The van der Waals surface area contributed by atoms with Gasteiger partial charge in [-0.2, -0.15) is 0 Å². The second-order valence-electron chi connectivity index (χ2n) is 6.63. The van der Waals surface area contributed by atoms with Crippen LogP contribution < -0.4 is 10.6 Å². The Bertz CT molecular complexity index is 807. The van der Waals surface area contributed by atoms with Gasteiger partial charge in [-0.15, -0.1) is 0 Å². The zero-order valence-corrected chi connectivity index (χ0v) is 15.7. The van der Waals surface area contributed by atoms with Crippen LogP contribution >= 0.6 is 0 Å². The molecule has 0 spiro atoms. The highest BCUT2D eigenvalue weighted by molar-refractivity contribution is 5.92. The van der Waals surface area contributed by atoms with E-state index >= 15 is 0 Å². The van der Waals surface area contributed by atoms with Crippen molar-refractivity contribution in [3.8, 4) is 0 Å². The Kier molecular flexibility index (Phi) is 6.44. The minimum Gasteiger partial charge on any atom is -0.467 e. The number of piperazine rings is 1. The number of ether oxygens (including phenoxy) is 1. The van der Waals surface area contributed by atoms with Crippen LogP contribution in [0.25, 0.3) is 0 Å². The van der Waals surface area contributed by atoms with E-state index in [9.17, 15) is 14.4 Å². The van der Waals surface area contributed by atoms with Crippen LogP contribution in [0.2, 0.25) is 0 Å². The monoisotopic (exact) mass is 386 g/mol. The van der Waals surface area contributed by atoms with Crippen molar-refractivity contribution >= 4 is 17.8 Å². The first-order chi connectivity index (χ1) is 13.6. The van der Waals surface area contributed by atoms with Gasteiger partial charge in [0.05, 0.1) is 33.0 Å². The average Bonchev–Trinajstić information content (AvgIpc) is 3.28. The lowest BCUT2D eigenvalue weighted by Crippen LogP contribution is -2.98. The fourth-order valence-corrected chi connectivity index (χ4v) is 3.23. The number of amides is 2. The number of carbonyl (C=O) groups excluding carboxylic acids is 3. The predicted molar refractivity (Wildman–Crippen MR) is 99.3 cm³/mol. The number of nitrogens with two attached hydrogens (primary N) is 1. The lowest BCUT2D eigenvalue weighted by Gasteiger charge is -2.30. The molecule has 1 aromatic carbocycles. The molecule has 2 aromatic rings. The van der Waals surface area contributed by atoms with E-state index in [2.05, 4.69) is 5.32 Å². The molecule has 2 atom stereocenters. The summed E-state index contributed by atoms with van der Waals surface area (Å²) in [6.07, 6.45) is 1.78. The number of carbonyl (C=O) groups is 3. The predicted octanol–water partition coefficient (Wildman–Crippen LogP) is -0.432. The molecule has 0 bridgehead atoms. The van der Waals surface area contributed by atoms with Crippen molar-refractivity contribution in [3.63, 3.8) is 0 Å². The molecule has 148 valence electrons. The van der Waals surface area contributed by atoms with Gasteiger partial charge in [-0.25, -0.2) is 4.79 Å². The molecule has 2 heterocycles. The Morgan fingerprint density at radius 1 is 1.25 bits per heavy atom. The topological polar surface area (TPSA) is 105 Å². The number of hydrogen-bond donors (Lipinski definition) is 2. The molecule has 8 heteroatoms. The molecule has 28 heavy (non-hydrogen) atoms. The number of esters is 1. The average molecular weight is 386 g/mol. The normalized spacial score (nSPS) is 17.6. The first-order valence-electron chi connectivity index (χ1n) is 9.16. The Labute approximate surface area is 162 Å². The first-order valence-corrected chi connectivity index (χ1v) is 9.16. The van der Waals surface area contributed by atoms with Crippen molar-refractivity contribution in [1.29, 1.82) is 0 Å². The van der Waals surface area contributed by atoms with E-state index < -0.39 is 18.1 Å². The number of nitrogens with zero attached hydrogens (tertiary/aromatic N) is 1. The van der Waals surface area contributed by atoms with Crippen molar-refractivity contribution in [2.45, 2.75) is 18.5 Å². The number of benzene rings is 1. The number of furan rings is 1. The smallest absolute Gasteiger partial charge is 0.328 e. The van der Waals surface area contributed by atoms with Crippen LogP contribution in [0.4, 0.5) is 0 Å². The summed E-state index contributed by atoms with van der Waals surface area (Å²) < 4.78 is 10.00. The highest BCUT2D eigenvalue weighted by atomic mass is 16.5. The molecule has 1 aliphatic heterocycles. The first kappa shape index (κ1) is 19.6. The molecule has 1 saturated heterocycles. The zero-order valence-electron chi connectivity index (χ0n) is 15.7. The number of nitrogens with one attached hydrogen (secondary N) is 1. The molecule has 0 unspecified atom stereocenters. The molecule has 1 fully saturated rings. The van der Waals surface area contributed by atoms with Crippen LogP contribution in [0.15, 0.2) is 53.1 Å². The Morgan fingerprint density at radius 2 is 2.04 bits per heavy atom. The number of methoxy groups -OCH3 is 1. The quantitative estimate of drug-likeness (QED) is 0.656. The van der Waals surface area contributed by atoms with Crippen LogP contribution in [-0.2, 0) is 20.7 Å². The Hall–Kier alpha value is -3.13. The van der Waals surface area contributed by atoms with Crippen LogP contribution in [0, 0.1) is 0 Å². The van der Waals surface area contributed by atoms with Crippen LogP contribution in [0.3, 0.4) is 0 Å². The van der Waals surface area contributed by atoms with Crippen LogP contribution in [0.1, 0.15) is 16.1 Å². The van der Waals surface area contributed by atoms with Gasteiger partial charge in [0.15, 0.2) is 11.8 Å². The Morgan fingerprint density at radius 3 is 2.71 bits per heavy atom. The molecule has 1 aliphatic rings. The molecule has 0 radical (unpaired) electrons. The number of quaternary nitrogens is 1. The third-order valence-electron chi connectivity index (χ3n) is 4.71. The summed E-state index contributed by atoms with van der Waals surface area (Å²) in [6, 6.07) is 11.4. The van der Waals surface area contributed by atoms with Gasteiger partial charge >= 0.3 is 5.97 Å². The van der Waals surface area contributed by atoms with E-state index in [1.54, 1.807) is 17.0 Å².